The highest BCUT2D eigenvalue weighted by Gasteiger charge is 2.47. The van der Waals surface area contributed by atoms with Gasteiger partial charge in [-0.2, -0.15) is 0 Å². The van der Waals surface area contributed by atoms with Crippen molar-refractivity contribution >= 4 is 17.8 Å². The quantitative estimate of drug-likeness (QED) is 0.156. The van der Waals surface area contributed by atoms with Crippen molar-refractivity contribution in [1.29, 1.82) is 0 Å². The fourth-order valence-corrected chi connectivity index (χ4v) is 8.11. The summed E-state index contributed by atoms with van der Waals surface area (Å²) in [6.07, 6.45) is 22.9. The van der Waals surface area contributed by atoms with Gasteiger partial charge in [0, 0.05) is 5.54 Å². The molecule has 0 heterocycles. The Balaban J connectivity index is 2.29. The van der Waals surface area contributed by atoms with E-state index in [0.717, 1.165) is 32.1 Å². The molecule has 7 heteroatoms. The van der Waals surface area contributed by atoms with Crippen LogP contribution in [0.3, 0.4) is 0 Å². The number of amides is 2. The van der Waals surface area contributed by atoms with Crippen LogP contribution in [0.15, 0.2) is 0 Å². The monoisotopic (exact) mass is 620 g/mol. The molecule has 0 aromatic carbocycles. The third-order valence-electron chi connectivity index (χ3n) is 11.0. The van der Waals surface area contributed by atoms with Crippen LogP contribution in [0.1, 0.15) is 177 Å². The van der Waals surface area contributed by atoms with Crippen LogP contribution in [0, 0.1) is 16.7 Å². The predicted molar refractivity (Wildman–Crippen MR) is 182 cm³/mol. The summed E-state index contributed by atoms with van der Waals surface area (Å²) in [5, 5.41) is 19.2. The van der Waals surface area contributed by atoms with Gasteiger partial charge in [-0.05, 0) is 68.6 Å². The van der Waals surface area contributed by atoms with Crippen molar-refractivity contribution in [3.63, 3.8) is 0 Å². The highest BCUT2D eigenvalue weighted by molar-refractivity contribution is 5.91. The van der Waals surface area contributed by atoms with E-state index in [0.29, 0.717) is 11.8 Å². The fourth-order valence-electron chi connectivity index (χ4n) is 8.11. The van der Waals surface area contributed by atoms with Crippen LogP contribution in [-0.4, -0.2) is 46.6 Å². The highest BCUT2D eigenvalue weighted by Crippen LogP contribution is 2.55. The van der Waals surface area contributed by atoms with Gasteiger partial charge in [-0.25, -0.2) is 4.79 Å². The lowest BCUT2D eigenvalue weighted by Crippen LogP contribution is -2.61. The zero-order valence-electron chi connectivity index (χ0n) is 29.6. The molecule has 0 saturated heterocycles. The minimum absolute atomic E-state index is 0.0420. The molecule has 2 unspecified atom stereocenters. The van der Waals surface area contributed by atoms with Crippen LogP contribution in [0.4, 0.5) is 0 Å². The largest absolute Gasteiger partial charge is 0.480 e. The Morgan fingerprint density at radius 2 is 1.25 bits per heavy atom. The molecule has 2 amide bonds. The molecule has 0 bridgehead atoms. The lowest BCUT2D eigenvalue weighted by molar-refractivity contribution is -0.142. The molecule has 0 aromatic rings. The Labute approximate surface area is 270 Å². The number of unbranched alkanes of at least 4 members (excludes halogenated alkanes) is 1. The Morgan fingerprint density at radius 1 is 0.727 bits per heavy atom. The van der Waals surface area contributed by atoms with E-state index in [9.17, 15) is 19.5 Å². The van der Waals surface area contributed by atoms with E-state index in [1.165, 1.54) is 89.9 Å². The van der Waals surface area contributed by atoms with Gasteiger partial charge in [-0.1, -0.05) is 125 Å². The predicted octanol–water partition coefficient (Wildman–Crippen LogP) is 8.30. The Morgan fingerprint density at radius 3 is 1.70 bits per heavy atom. The van der Waals surface area contributed by atoms with Gasteiger partial charge in [0.25, 0.3) is 0 Å². The minimum Gasteiger partial charge on any atom is -0.480 e. The second-order valence-electron chi connectivity index (χ2n) is 15.8. The Hall–Kier alpha value is -1.63. The maximum Gasteiger partial charge on any atom is 0.326 e. The maximum atomic E-state index is 13.9. The van der Waals surface area contributed by atoms with Gasteiger partial charge in [0.05, 0.1) is 6.04 Å². The normalized spacial score (nSPS) is 27.3. The van der Waals surface area contributed by atoms with Gasteiger partial charge < -0.3 is 21.1 Å². The molecule has 2 rings (SSSR count). The van der Waals surface area contributed by atoms with Crippen LogP contribution < -0.4 is 16.0 Å². The van der Waals surface area contributed by atoms with Gasteiger partial charge in [-0.15, -0.1) is 0 Å². The molecular formula is C37H69N3O4. The first-order valence-corrected chi connectivity index (χ1v) is 18.4. The molecule has 256 valence electrons. The SMILES string of the molecule is CCCC[C@H](NC(=O)[C@H](C)NC(=O)[C@@H](NC1(CC2(C)CCC(C)(CC)C2)CCCCCCCCCCCC1)C(C)C)C(=O)O. The number of carboxylic acid groups (broad SMARTS) is 1. The topological polar surface area (TPSA) is 108 Å². The first-order valence-electron chi connectivity index (χ1n) is 18.4. The number of carbonyl (C=O) groups excluding carboxylic acids is 2. The smallest absolute Gasteiger partial charge is 0.326 e. The van der Waals surface area contributed by atoms with Crippen molar-refractivity contribution in [2.75, 3.05) is 0 Å². The Bertz CT molecular complexity index is 878. The standard InChI is InChI=1S/C37H69N3O4/c1-8-10-21-30(34(43)44)39-32(41)29(5)38-33(42)31(28(3)4)40-37(27-36(7)25-24-35(6,9-2)26-36)22-19-17-15-13-11-12-14-16-18-20-23-37/h28-31,40H,8-27H2,1-7H3,(H,38,42)(H,39,41)(H,43,44)/t29-,30-,31-,35?,36?/m0/s1. The summed E-state index contributed by atoms with van der Waals surface area (Å²) >= 11 is 0. The van der Waals surface area contributed by atoms with Crippen LogP contribution in [0.5, 0.6) is 0 Å². The molecule has 2 aliphatic carbocycles. The molecule has 0 aliphatic heterocycles. The summed E-state index contributed by atoms with van der Waals surface area (Å²) in [6.45, 7) is 15.1. The maximum absolute atomic E-state index is 13.9. The number of nitrogens with one attached hydrogen (secondary N) is 3. The van der Waals surface area contributed by atoms with E-state index >= 15 is 0 Å². The molecule has 0 spiro atoms. The zero-order chi connectivity index (χ0) is 32.8. The molecule has 2 aliphatic rings. The minimum atomic E-state index is -1.04. The van der Waals surface area contributed by atoms with E-state index in [1.807, 2.05) is 6.92 Å². The van der Waals surface area contributed by atoms with Gasteiger partial charge >= 0.3 is 5.97 Å². The molecule has 2 saturated carbocycles. The van der Waals surface area contributed by atoms with Crippen LogP contribution >= 0.6 is 0 Å². The van der Waals surface area contributed by atoms with E-state index in [-0.39, 0.29) is 22.8 Å². The van der Waals surface area contributed by atoms with Crippen LogP contribution in [-0.2, 0) is 14.4 Å². The van der Waals surface area contributed by atoms with Crippen molar-refractivity contribution in [2.24, 2.45) is 16.7 Å². The number of carboxylic acids is 1. The first-order chi connectivity index (χ1) is 20.8. The van der Waals surface area contributed by atoms with E-state index in [4.69, 9.17) is 0 Å². The van der Waals surface area contributed by atoms with Crippen molar-refractivity contribution < 1.29 is 19.5 Å². The van der Waals surface area contributed by atoms with Gasteiger partial charge in [0.15, 0.2) is 0 Å². The van der Waals surface area contributed by atoms with Crippen molar-refractivity contribution in [2.45, 2.75) is 201 Å². The lowest BCUT2D eigenvalue weighted by atomic mass is 9.69. The second kappa shape index (κ2) is 18.5. The summed E-state index contributed by atoms with van der Waals surface area (Å²) in [5.41, 5.74) is 0.497. The van der Waals surface area contributed by atoms with E-state index < -0.39 is 30.0 Å². The summed E-state index contributed by atoms with van der Waals surface area (Å²) in [7, 11) is 0. The van der Waals surface area contributed by atoms with Gasteiger partial charge in [0.1, 0.15) is 12.1 Å². The number of hydrogen-bond acceptors (Lipinski definition) is 4. The van der Waals surface area contributed by atoms with Gasteiger partial charge in [0.2, 0.25) is 11.8 Å². The number of carbonyl (C=O) groups is 3. The third-order valence-corrected chi connectivity index (χ3v) is 11.0. The second-order valence-corrected chi connectivity index (χ2v) is 15.8. The molecular weight excluding hydrogens is 550 g/mol. The summed E-state index contributed by atoms with van der Waals surface area (Å²) in [4.78, 5) is 38.6. The molecule has 4 N–H and O–H groups in total. The van der Waals surface area contributed by atoms with E-state index in [2.05, 4.69) is 50.6 Å². The summed E-state index contributed by atoms with van der Waals surface area (Å²) in [6, 6.07) is -2.19. The van der Waals surface area contributed by atoms with E-state index in [1.54, 1.807) is 6.92 Å². The first kappa shape index (κ1) is 38.6. The number of aliphatic carboxylic acids is 1. The fraction of sp³-hybridized carbons (Fsp3) is 0.919. The molecule has 44 heavy (non-hydrogen) atoms. The van der Waals surface area contributed by atoms with Gasteiger partial charge in [-0.3, -0.25) is 9.59 Å². The molecule has 0 radical (unpaired) electrons. The average Bonchev–Trinajstić information content (AvgIpc) is 3.28. The van der Waals surface area contributed by atoms with Crippen molar-refractivity contribution in [1.82, 2.24) is 16.0 Å². The summed E-state index contributed by atoms with van der Waals surface area (Å²) in [5.74, 6) is -1.61. The molecule has 5 atom stereocenters. The molecule has 7 nitrogen and oxygen atoms in total. The zero-order valence-corrected chi connectivity index (χ0v) is 29.6. The Kier molecular flexibility index (Phi) is 16.2. The average molecular weight is 620 g/mol. The van der Waals surface area contributed by atoms with Crippen LogP contribution in [0.25, 0.3) is 0 Å². The van der Waals surface area contributed by atoms with Crippen molar-refractivity contribution in [3.8, 4) is 0 Å². The third kappa shape index (κ3) is 12.6. The van der Waals surface area contributed by atoms with Crippen molar-refractivity contribution in [3.05, 3.63) is 0 Å². The molecule has 2 fully saturated rings. The molecule has 0 aromatic heterocycles. The summed E-state index contributed by atoms with van der Waals surface area (Å²) < 4.78 is 0. The highest BCUT2D eigenvalue weighted by atomic mass is 16.4. The number of hydrogen-bond donors (Lipinski definition) is 4. The lowest BCUT2D eigenvalue weighted by Gasteiger charge is -2.45. The number of rotatable bonds is 14. The van der Waals surface area contributed by atoms with Crippen LogP contribution in [0.2, 0.25) is 0 Å².